The zero-order valence-corrected chi connectivity index (χ0v) is 6.36. The molecule has 0 amide bonds. The van der Waals surface area contributed by atoms with Gasteiger partial charge in [-0.1, -0.05) is 11.6 Å². The molecule has 0 spiro atoms. The molecule has 1 rings (SSSR count). The minimum atomic E-state index is -1.39. The number of halogens is 3. The number of phenolic OH excluding ortho intramolecular Hbond substituents is 1. The molecule has 0 aliphatic carbocycles. The Bertz CT molecular complexity index is 346. The number of nitrogens with zero attached hydrogens (tertiary/aromatic N) is 1. The number of benzene rings is 1. The number of rotatable bonds is 0. The highest BCUT2D eigenvalue weighted by atomic mass is 35.5. The van der Waals surface area contributed by atoms with Crippen LogP contribution < -0.4 is 0 Å². The van der Waals surface area contributed by atoms with E-state index in [9.17, 15) is 8.78 Å². The van der Waals surface area contributed by atoms with E-state index < -0.39 is 22.9 Å². The summed E-state index contributed by atoms with van der Waals surface area (Å²) < 4.78 is 25.1. The second kappa shape index (κ2) is 2.95. The lowest BCUT2D eigenvalue weighted by molar-refractivity contribution is 0.452. The van der Waals surface area contributed by atoms with Crippen LogP contribution in [-0.2, 0) is 0 Å². The predicted molar refractivity (Wildman–Crippen MR) is 37.7 cm³/mol. The van der Waals surface area contributed by atoms with Gasteiger partial charge in [0.2, 0.25) is 0 Å². The van der Waals surface area contributed by atoms with Crippen LogP contribution in [0, 0.1) is 23.0 Å². The van der Waals surface area contributed by atoms with Crippen LogP contribution >= 0.6 is 11.6 Å². The van der Waals surface area contributed by atoms with Crippen molar-refractivity contribution in [2.24, 2.45) is 0 Å². The van der Waals surface area contributed by atoms with Gasteiger partial charge in [0.05, 0.1) is 5.02 Å². The van der Waals surface area contributed by atoms with Gasteiger partial charge in [-0.25, -0.2) is 8.78 Å². The second-order valence-corrected chi connectivity index (χ2v) is 2.40. The molecule has 0 fully saturated rings. The molecule has 2 nitrogen and oxygen atoms in total. The molecule has 0 saturated carbocycles. The number of phenols is 1. The molecule has 1 aromatic carbocycles. The van der Waals surface area contributed by atoms with Crippen molar-refractivity contribution in [2.45, 2.75) is 0 Å². The fraction of sp³-hybridized carbons (Fsp3) is 0. The van der Waals surface area contributed by atoms with Crippen molar-refractivity contribution >= 4 is 11.6 Å². The maximum Gasteiger partial charge on any atom is 0.180 e. The molecular formula is C7H2ClF2NO. The normalized spacial score (nSPS) is 9.50. The van der Waals surface area contributed by atoms with Gasteiger partial charge in [0.25, 0.3) is 0 Å². The van der Waals surface area contributed by atoms with Gasteiger partial charge in [0.15, 0.2) is 17.4 Å². The fourth-order valence-electron chi connectivity index (χ4n) is 0.688. The van der Waals surface area contributed by atoms with Gasteiger partial charge in [0.1, 0.15) is 11.6 Å². The molecule has 0 unspecified atom stereocenters. The molecule has 0 bridgehead atoms. The van der Waals surface area contributed by atoms with E-state index >= 15 is 0 Å². The Balaban J connectivity index is 3.56. The summed E-state index contributed by atoms with van der Waals surface area (Å²) in [5.41, 5.74) is -0.778. The lowest BCUT2D eigenvalue weighted by Crippen LogP contribution is -1.90. The third-order valence-corrected chi connectivity index (χ3v) is 1.55. The highest BCUT2D eigenvalue weighted by molar-refractivity contribution is 6.32. The van der Waals surface area contributed by atoms with Crippen LogP contribution in [-0.4, -0.2) is 5.11 Å². The lowest BCUT2D eigenvalue weighted by atomic mass is 10.2. The first kappa shape index (κ1) is 8.75. The summed E-state index contributed by atoms with van der Waals surface area (Å²) in [5, 5.41) is 16.8. The number of hydrogen-bond donors (Lipinski definition) is 1. The standard InChI is InChI=1S/C7H2ClF2NO/c8-4-1-5(9)6(10)3(2-11)7(4)12/h1,12H. The van der Waals surface area contributed by atoms with Gasteiger partial charge in [0, 0.05) is 0 Å². The summed E-state index contributed by atoms with van der Waals surface area (Å²) in [5.74, 6) is -3.38. The Kier molecular flexibility index (Phi) is 2.15. The van der Waals surface area contributed by atoms with Crippen molar-refractivity contribution in [1.29, 1.82) is 5.26 Å². The highest BCUT2D eigenvalue weighted by Gasteiger charge is 2.16. The zero-order valence-electron chi connectivity index (χ0n) is 5.61. The summed E-state index contributed by atoms with van der Waals surface area (Å²) in [4.78, 5) is 0. The molecule has 1 N–H and O–H groups in total. The molecule has 0 atom stereocenters. The maximum absolute atomic E-state index is 12.6. The minimum absolute atomic E-state index is 0.384. The molecular weight excluding hydrogens is 188 g/mol. The van der Waals surface area contributed by atoms with Crippen molar-refractivity contribution in [3.8, 4) is 11.8 Å². The van der Waals surface area contributed by atoms with E-state index in [0.717, 1.165) is 0 Å². The van der Waals surface area contributed by atoms with Gasteiger partial charge in [-0.3, -0.25) is 0 Å². The Hall–Kier alpha value is -1.34. The van der Waals surface area contributed by atoms with E-state index in [1.807, 2.05) is 0 Å². The van der Waals surface area contributed by atoms with Crippen molar-refractivity contribution < 1.29 is 13.9 Å². The minimum Gasteiger partial charge on any atom is -0.505 e. The summed E-state index contributed by atoms with van der Waals surface area (Å²) in [6.07, 6.45) is 0. The smallest absolute Gasteiger partial charge is 0.180 e. The maximum atomic E-state index is 12.6. The molecule has 0 heterocycles. The topological polar surface area (TPSA) is 44.0 Å². The van der Waals surface area contributed by atoms with Crippen molar-refractivity contribution in [2.75, 3.05) is 0 Å². The first-order valence-corrected chi connectivity index (χ1v) is 3.22. The van der Waals surface area contributed by atoms with Crippen molar-refractivity contribution in [3.63, 3.8) is 0 Å². The quantitative estimate of drug-likeness (QED) is 0.636. The number of nitriles is 1. The van der Waals surface area contributed by atoms with E-state index in [2.05, 4.69) is 0 Å². The molecule has 0 saturated heterocycles. The lowest BCUT2D eigenvalue weighted by Gasteiger charge is -2.00. The van der Waals surface area contributed by atoms with E-state index in [-0.39, 0.29) is 5.02 Å². The molecule has 0 aliphatic heterocycles. The monoisotopic (exact) mass is 189 g/mol. The Morgan fingerprint density at radius 1 is 1.50 bits per heavy atom. The third-order valence-electron chi connectivity index (χ3n) is 1.26. The molecule has 12 heavy (non-hydrogen) atoms. The van der Waals surface area contributed by atoms with E-state index in [4.69, 9.17) is 22.0 Å². The Labute approximate surface area is 71.6 Å². The van der Waals surface area contributed by atoms with Gasteiger partial charge >= 0.3 is 0 Å². The summed E-state index contributed by atoms with van der Waals surface area (Å²) >= 11 is 5.26. The van der Waals surface area contributed by atoms with Crippen LogP contribution in [0.3, 0.4) is 0 Å². The van der Waals surface area contributed by atoms with Crippen LogP contribution in [0.15, 0.2) is 6.07 Å². The first-order valence-electron chi connectivity index (χ1n) is 2.84. The van der Waals surface area contributed by atoms with Gasteiger partial charge in [-0.05, 0) is 6.07 Å². The highest BCUT2D eigenvalue weighted by Crippen LogP contribution is 2.30. The largest absolute Gasteiger partial charge is 0.505 e. The van der Waals surface area contributed by atoms with E-state index in [1.54, 1.807) is 0 Å². The van der Waals surface area contributed by atoms with Crippen molar-refractivity contribution in [3.05, 3.63) is 28.3 Å². The van der Waals surface area contributed by atoms with Gasteiger partial charge < -0.3 is 5.11 Å². The second-order valence-electron chi connectivity index (χ2n) is 1.99. The van der Waals surface area contributed by atoms with E-state index in [0.29, 0.717) is 6.07 Å². The fourth-order valence-corrected chi connectivity index (χ4v) is 0.878. The van der Waals surface area contributed by atoms with Crippen LogP contribution in [0.4, 0.5) is 8.78 Å². The van der Waals surface area contributed by atoms with Crippen LogP contribution in [0.25, 0.3) is 0 Å². The number of aromatic hydroxyl groups is 1. The van der Waals surface area contributed by atoms with Crippen LogP contribution in [0.5, 0.6) is 5.75 Å². The van der Waals surface area contributed by atoms with Gasteiger partial charge in [-0.2, -0.15) is 5.26 Å². The molecule has 5 heteroatoms. The predicted octanol–water partition coefficient (Wildman–Crippen LogP) is 2.20. The van der Waals surface area contributed by atoms with Crippen molar-refractivity contribution in [1.82, 2.24) is 0 Å². The van der Waals surface area contributed by atoms with Crippen LogP contribution in [0.1, 0.15) is 5.56 Å². The molecule has 0 aliphatic rings. The summed E-state index contributed by atoms with van der Waals surface area (Å²) in [6.45, 7) is 0. The Morgan fingerprint density at radius 3 is 2.58 bits per heavy atom. The molecule has 1 aromatic rings. The molecule has 0 radical (unpaired) electrons. The SMILES string of the molecule is N#Cc1c(O)c(Cl)cc(F)c1F. The zero-order chi connectivity index (χ0) is 9.30. The first-order chi connectivity index (χ1) is 5.57. The average molecular weight is 190 g/mol. The average Bonchev–Trinajstić information content (AvgIpc) is 2.02. The van der Waals surface area contributed by atoms with Gasteiger partial charge in [-0.15, -0.1) is 0 Å². The number of hydrogen-bond acceptors (Lipinski definition) is 2. The molecule has 0 aromatic heterocycles. The summed E-state index contributed by atoms with van der Waals surface area (Å²) in [6, 6.07) is 1.90. The van der Waals surface area contributed by atoms with Crippen LogP contribution in [0.2, 0.25) is 5.02 Å². The van der Waals surface area contributed by atoms with E-state index in [1.165, 1.54) is 6.07 Å². The Morgan fingerprint density at radius 2 is 2.08 bits per heavy atom. The summed E-state index contributed by atoms with van der Waals surface area (Å²) in [7, 11) is 0. The molecule has 62 valence electrons. The third kappa shape index (κ3) is 1.19.